The largest absolute Gasteiger partial charge is 0.397 e. The monoisotopic (exact) mass is 453 g/mol. The number of nitrogen functional groups attached to an aromatic ring is 1. The molecule has 6 nitrogen and oxygen atoms in total. The van der Waals surface area contributed by atoms with Crippen LogP contribution in [-0.4, -0.2) is 42.6 Å². The van der Waals surface area contributed by atoms with Crippen molar-refractivity contribution in [3.05, 3.63) is 52.3 Å². The van der Waals surface area contributed by atoms with Gasteiger partial charge in [-0.25, -0.2) is 9.37 Å². The lowest BCUT2D eigenvalue weighted by Crippen LogP contribution is -2.51. The molecule has 2 aromatic heterocycles. The Morgan fingerprint density at radius 2 is 2.06 bits per heavy atom. The predicted octanol–water partition coefficient (Wildman–Crippen LogP) is 3.80. The van der Waals surface area contributed by atoms with Crippen LogP contribution in [0.2, 0.25) is 0 Å². The molecule has 5 rings (SSSR count). The Labute approximate surface area is 191 Å². The van der Waals surface area contributed by atoms with Crippen LogP contribution in [0.3, 0.4) is 0 Å². The number of anilines is 2. The second-order valence-electron chi connectivity index (χ2n) is 9.01. The van der Waals surface area contributed by atoms with Gasteiger partial charge in [-0.05, 0) is 49.6 Å². The van der Waals surface area contributed by atoms with E-state index < -0.39 is 0 Å². The molecule has 2 saturated heterocycles. The van der Waals surface area contributed by atoms with E-state index in [1.807, 2.05) is 38.1 Å². The standard InChI is InChI=1S/C24H28FN5OS/c1-13(10-27-23(31)22-21(26)19-7-3-14(2)28-24(19)32-22)18-8-6-17(9-20(18)25)30-11-15-4-5-16(12-30)29-15/h3,6-9,13,15-16,29H,4-5,10-12,26H2,1-2H3,(H,27,31)/t13-,15?,16?/m1/s1. The summed E-state index contributed by atoms with van der Waals surface area (Å²) in [6.45, 7) is 6.00. The van der Waals surface area contributed by atoms with Crippen molar-refractivity contribution in [3.63, 3.8) is 0 Å². The highest BCUT2D eigenvalue weighted by molar-refractivity contribution is 7.21. The van der Waals surface area contributed by atoms with Crippen LogP contribution >= 0.6 is 11.3 Å². The van der Waals surface area contributed by atoms with Gasteiger partial charge in [0.25, 0.3) is 5.91 Å². The average molecular weight is 454 g/mol. The van der Waals surface area contributed by atoms with E-state index in [0.717, 1.165) is 34.7 Å². The maximum Gasteiger partial charge on any atom is 0.263 e. The Balaban J connectivity index is 1.25. The van der Waals surface area contributed by atoms with E-state index in [1.54, 1.807) is 6.07 Å². The van der Waals surface area contributed by atoms with Crippen LogP contribution in [0.4, 0.5) is 15.8 Å². The third kappa shape index (κ3) is 3.93. The fourth-order valence-electron chi connectivity index (χ4n) is 4.81. The highest BCUT2D eigenvalue weighted by Gasteiger charge is 2.32. The molecule has 2 unspecified atom stereocenters. The summed E-state index contributed by atoms with van der Waals surface area (Å²) in [6, 6.07) is 10.3. The average Bonchev–Trinajstić information content (AvgIpc) is 3.29. The van der Waals surface area contributed by atoms with Crippen LogP contribution in [0.5, 0.6) is 0 Å². The molecule has 2 fully saturated rings. The van der Waals surface area contributed by atoms with Gasteiger partial charge in [-0.1, -0.05) is 13.0 Å². The first-order valence-corrected chi connectivity index (χ1v) is 11.9. The van der Waals surface area contributed by atoms with Crippen LogP contribution < -0.4 is 21.3 Å². The second kappa shape index (κ2) is 8.33. The smallest absolute Gasteiger partial charge is 0.263 e. The van der Waals surface area contributed by atoms with E-state index in [4.69, 9.17) is 5.73 Å². The molecule has 8 heteroatoms. The van der Waals surface area contributed by atoms with Gasteiger partial charge in [-0.3, -0.25) is 4.79 Å². The van der Waals surface area contributed by atoms with Crippen LogP contribution in [0.15, 0.2) is 30.3 Å². The minimum absolute atomic E-state index is 0.164. The normalized spacial score (nSPS) is 21.2. The van der Waals surface area contributed by atoms with Crippen molar-refractivity contribution in [2.24, 2.45) is 0 Å². The summed E-state index contributed by atoms with van der Waals surface area (Å²) in [7, 11) is 0. The number of aromatic nitrogens is 1. The Hall–Kier alpha value is -2.71. The van der Waals surface area contributed by atoms with Gasteiger partial charge in [0.1, 0.15) is 15.5 Å². The summed E-state index contributed by atoms with van der Waals surface area (Å²) in [5.41, 5.74) is 9.05. The molecule has 2 bridgehead atoms. The lowest BCUT2D eigenvalue weighted by Gasteiger charge is -2.34. The van der Waals surface area contributed by atoms with Crippen molar-refractivity contribution in [3.8, 4) is 0 Å². The third-order valence-electron chi connectivity index (χ3n) is 6.60. The number of amides is 1. The van der Waals surface area contributed by atoms with Crippen molar-refractivity contribution in [1.29, 1.82) is 0 Å². The molecule has 4 heterocycles. The van der Waals surface area contributed by atoms with Crippen molar-refractivity contribution in [2.75, 3.05) is 30.3 Å². The molecular weight excluding hydrogens is 425 g/mol. The third-order valence-corrected chi connectivity index (χ3v) is 7.72. The SMILES string of the molecule is Cc1ccc2c(N)c(C(=O)NC[C@@H](C)c3ccc(N4CC5CCC(C4)N5)cc3F)sc2n1. The van der Waals surface area contributed by atoms with Gasteiger partial charge in [0.15, 0.2) is 0 Å². The van der Waals surface area contributed by atoms with Gasteiger partial charge in [0.2, 0.25) is 0 Å². The maximum atomic E-state index is 15.0. The van der Waals surface area contributed by atoms with Crippen LogP contribution in [0.1, 0.15) is 46.6 Å². The highest BCUT2D eigenvalue weighted by Crippen LogP contribution is 2.33. The van der Waals surface area contributed by atoms with Gasteiger partial charge in [-0.15, -0.1) is 11.3 Å². The minimum Gasteiger partial charge on any atom is -0.397 e. The summed E-state index contributed by atoms with van der Waals surface area (Å²) in [6.07, 6.45) is 2.39. The number of piperazine rings is 1. The van der Waals surface area contributed by atoms with Gasteiger partial charge in [0, 0.05) is 54.4 Å². The number of aryl methyl sites for hydroxylation is 1. The van der Waals surface area contributed by atoms with Crippen molar-refractivity contribution in [2.45, 2.75) is 44.7 Å². The molecule has 2 aliphatic rings. The molecule has 1 aromatic carbocycles. The number of carbonyl (C=O) groups excluding carboxylic acids is 1. The molecule has 0 aliphatic carbocycles. The second-order valence-corrected chi connectivity index (χ2v) is 10.0. The number of hydrogen-bond donors (Lipinski definition) is 3. The van der Waals surface area contributed by atoms with E-state index in [9.17, 15) is 9.18 Å². The number of benzene rings is 1. The number of nitrogens with one attached hydrogen (secondary N) is 2. The quantitative estimate of drug-likeness (QED) is 0.547. The molecule has 2 aliphatic heterocycles. The summed E-state index contributed by atoms with van der Waals surface area (Å²) in [4.78, 5) is 20.7. The molecular formula is C24H28FN5OS. The van der Waals surface area contributed by atoms with E-state index in [0.29, 0.717) is 34.8 Å². The fourth-order valence-corrected chi connectivity index (χ4v) is 5.87. The Morgan fingerprint density at radius 1 is 1.31 bits per heavy atom. The Kier molecular flexibility index (Phi) is 5.51. The number of pyridine rings is 1. The Bertz CT molecular complexity index is 1170. The topological polar surface area (TPSA) is 83.3 Å². The predicted molar refractivity (Wildman–Crippen MR) is 128 cm³/mol. The summed E-state index contributed by atoms with van der Waals surface area (Å²) in [5.74, 6) is -0.636. The number of fused-ring (bicyclic) bond motifs is 3. The van der Waals surface area contributed by atoms with Crippen LogP contribution in [-0.2, 0) is 0 Å². The molecule has 32 heavy (non-hydrogen) atoms. The number of nitrogens with zero attached hydrogens (tertiary/aromatic N) is 2. The molecule has 0 spiro atoms. The number of rotatable bonds is 5. The summed E-state index contributed by atoms with van der Waals surface area (Å²) < 4.78 is 15.0. The van der Waals surface area contributed by atoms with Crippen molar-refractivity contribution in [1.82, 2.24) is 15.6 Å². The highest BCUT2D eigenvalue weighted by atomic mass is 32.1. The first-order chi connectivity index (χ1) is 15.4. The fraction of sp³-hybridized carbons (Fsp3) is 0.417. The molecule has 1 amide bonds. The zero-order chi connectivity index (χ0) is 22.4. The van der Waals surface area contributed by atoms with E-state index in [-0.39, 0.29) is 17.6 Å². The van der Waals surface area contributed by atoms with E-state index in [2.05, 4.69) is 20.5 Å². The van der Waals surface area contributed by atoms with Gasteiger partial charge in [-0.2, -0.15) is 0 Å². The first kappa shape index (κ1) is 21.2. The van der Waals surface area contributed by atoms with Crippen LogP contribution in [0, 0.1) is 12.7 Å². The van der Waals surface area contributed by atoms with Gasteiger partial charge >= 0.3 is 0 Å². The zero-order valence-electron chi connectivity index (χ0n) is 18.3. The van der Waals surface area contributed by atoms with Gasteiger partial charge in [0.05, 0.1) is 5.69 Å². The van der Waals surface area contributed by atoms with Crippen LogP contribution in [0.25, 0.3) is 10.2 Å². The number of hydrogen-bond acceptors (Lipinski definition) is 6. The summed E-state index contributed by atoms with van der Waals surface area (Å²) >= 11 is 1.29. The number of carbonyl (C=O) groups is 1. The summed E-state index contributed by atoms with van der Waals surface area (Å²) in [5, 5.41) is 7.31. The molecule has 0 radical (unpaired) electrons. The minimum atomic E-state index is -0.247. The lowest BCUT2D eigenvalue weighted by atomic mass is 9.99. The van der Waals surface area contributed by atoms with Crippen molar-refractivity contribution < 1.29 is 9.18 Å². The van der Waals surface area contributed by atoms with E-state index in [1.165, 1.54) is 24.2 Å². The molecule has 168 valence electrons. The molecule has 4 N–H and O–H groups in total. The Morgan fingerprint density at radius 3 is 2.78 bits per heavy atom. The number of halogens is 1. The molecule has 3 aromatic rings. The maximum absolute atomic E-state index is 15.0. The lowest BCUT2D eigenvalue weighted by molar-refractivity contribution is 0.0956. The number of thiophene rings is 1. The zero-order valence-corrected chi connectivity index (χ0v) is 19.1. The van der Waals surface area contributed by atoms with Gasteiger partial charge < -0.3 is 21.3 Å². The molecule has 3 atom stereocenters. The number of nitrogens with two attached hydrogens (primary N) is 1. The molecule has 0 saturated carbocycles. The van der Waals surface area contributed by atoms with Crippen molar-refractivity contribution >= 4 is 38.8 Å². The first-order valence-electron chi connectivity index (χ1n) is 11.1. The van der Waals surface area contributed by atoms with E-state index >= 15 is 0 Å².